The van der Waals surface area contributed by atoms with Gasteiger partial charge in [-0.05, 0) is 32.1 Å². The molecule has 3 aliphatic heterocycles. The first kappa shape index (κ1) is 49.6. The summed E-state index contributed by atoms with van der Waals surface area (Å²) in [7, 11) is 8.13. The molecule has 330 valence electrons. The number of allylic oxidation sites excluding steroid dienone is 2. The summed E-state index contributed by atoms with van der Waals surface area (Å²) in [5, 5.41) is 22.7. The van der Waals surface area contributed by atoms with Crippen LogP contribution in [-0.4, -0.2) is 136 Å². The number of cyclic esters (lactones) is 1. The minimum atomic E-state index is -0.931. The fraction of sp³-hybridized carbons (Fsp3) is 0.756. The maximum Gasteiger partial charge on any atom is 0.331 e. The molecular formula is C45H73NO12. The topological polar surface area (TPSA) is 163 Å². The molecule has 2 bridgehead atoms. The molecule has 1 amide bonds. The number of aliphatic hydroxyl groups is 2. The fourth-order valence-electron chi connectivity index (χ4n) is 8.63. The second kappa shape index (κ2) is 23.9. The number of hydrogen-bond donors (Lipinski definition) is 2. The van der Waals surface area contributed by atoms with Crippen LogP contribution in [0.1, 0.15) is 86.5 Å². The summed E-state index contributed by atoms with van der Waals surface area (Å²) in [5.74, 6) is -2.39. The van der Waals surface area contributed by atoms with Crippen molar-refractivity contribution < 1.29 is 57.8 Å². The first-order valence-electron chi connectivity index (χ1n) is 20.9. The number of epoxide rings is 1. The summed E-state index contributed by atoms with van der Waals surface area (Å²) in [4.78, 5) is 39.4. The lowest BCUT2D eigenvalue weighted by Gasteiger charge is -2.39. The van der Waals surface area contributed by atoms with Crippen LogP contribution in [0.15, 0.2) is 48.2 Å². The predicted octanol–water partition coefficient (Wildman–Crippen LogP) is 5.37. The molecular weight excluding hydrogens is 746 g/mol. The molecule has 15 atom stereocenters. The minimum Gasteiger partial charge on any atom is -0.458 e. The monoisotopic (exact) mass is 820 g/mol. The van der Waals surface area contributed by atoms with Crippen molar-refractivity contribution in [2.75, 3.05) is 42.1 Å². The van der Waals surface area contributed by atoms with E-state index in [1.165, 1.54) is 11.0 Å². The van der Waals surface area contributed by atoms with Gasteiger partial charge in [-0.3, -0.25) is 9.59 Å². The van der Waals surface area contributed by atoms with Crippen molar-refractivity contribution >= 4 is 18.2 Å². The maximum atomic E-state index is 13.5. The van der Waals surface area contributed by atoms with Gasteiger partial charge in [-0.25, -0.2) is 4.79 Å². The van der Waals surface area contributed by atoms with E-state index in [0.29, 0.717) is 51.5 Å². The van der Waals surface area contributed by atoms with E-state index in [2.05, 4.69) is 6.08 Å². The van der Waals surface area contributed by atoms with E-state index >= 15 is 0 Å². The van der Waals surface area contributed by atoms with Crippen LogP contribution in [0.25, 0.3) is 0 Å². The predicted molar refractivity (Wildman–Crippen MR) is 221 cm³/mol. The van der Waals surface area contributed by atoms with Crippen LogP contribution in [0.5, 0.6) is 0 Å². The van der Waals surface area contributed by atoms with Gasteiger partial charge in [-0.2, -0.15) is 0 Å². The second-order valence-corrected chi connectivity index (χ2v) is 16.9. The molecule has 3 rings (SSSR count). The van der Waals surface area contributed by atoms with Crippen molar-refractivity contribution in [3.8, 4) is 0 Å². The number of methoxy groups -OCH3 is 4. The van der Waals surface area contributed by atoms with Crippen LogP contribution >= 0.6 is 0 Å². The molecule has 0 aromatic carbocycles. The van der Waals surface area contributed by atoms with Gasteiger partial charge < -0.3 is 48.3 Å². The molecule has 0 unspecified atom stereocenters. The summed E-state index contributed by atoms with van der Waals surface area (Å²) in [6.07, 6.45) is 11.9. The number of esters is 1. The number of hydrogen-bond acceptors (Lipinski definition) is 12. The van der Waals surface area contributed by atoms with Crippen molar-refractivity contribution in [3.05, 3.63) is 48.2 Å². The van der Waals surface area contributed by atoms with Gasteiger partial charge in [0, 0.05) is 97.1 Å². The van der Waals surface area contributed by atoms with Gasteiger partial charge in [0.2, 0.25) is 6.41 Å². The standard InChI is InChI=1S/C45H73NO12/c1-28-15-18-34(48)23-35-13-12-14-36(57-35)24-39(53-9)45(26-56-45)40(54-10)25-38(52-8)32(5)44(58-41(50)20-16-28)33(6)42(51)29(2)17-19-37(49)31(4)43(55-11)30(3)21-22-46(7)27-47/h12-13,15-16,20-22,27,29-36,38-40,42-44,48,51H,14,17-19,23-26H2,1-11H3/b20-16+,22-21+,28-15?/t29-,30+,31-,32-,33-,34-,35-,36-,38+,39-,40-,42-,43+,44-,45-/m0/s1. The molecule has 0 aromatic rings. The third kappa shape index (κ3) is 13.9. The van der Waals surface area contributed by atoms with Gasteiger partial charge in [0.1, 0.15) is 17.5 Å². The van der Waals surface area contributed by atoms with Crippen LogP contribution in [0.2, 0.25) is 0 Å². The number of ether oxygens (including phenoxy) is 7. The molecule has 0 radical (unpaired) electrons. The molecule has 1 spiro atoms. The molecule has 3 heterocycles. The lowest BCUT2D eigenvalue weighted by molar-refractivity contribution is -0.159. The number of rotatable bonds is 16. The van der Waals surface area contributed by atoms with Crippen LogP contribution in [-0.2, 0) is 47.5 Å². The van der Waals surface area contributed by atoms with E-state index in [1.54, 1.807) is 47.8 Å². The van der Waals surface area contributed by atoms with Crippen LogP contribution in [0, 0.1) is 29.6 Å². The van der Waals surface area contributed by atoms with Crippen molar-refractivity contribution in [1.82, 2.24) is 4.90 Å². The van der Waals surface area contributed by atoms with Gasteiger partial charge in [0.05, 0.1) is 55.4 Å². The second-order valence-electron chi connectivity index (χ2n) is 16.9. The van der Waals surface area contributed by atoms with Gasteiger partial charge >= 0.3 is 5.97 Å². The van der Waals surface area contributed by atoms with Crippen LogP contribution < -0.4 is 0 Å². The Morgan fingerprint density at radius 1 is 1.03 bits per heavy atom. The highest BCUT2D eigenvalue weighted by atomic mass is 16.6. The Kier molecular flexibility index (Phi) is 20.4. The van der Waals surface area contributed by atoms with E-state index in [4.69, 9.17) is 33.2 Å². The third-order valence-corrected chi connectivity index (χ3v) is 12.6. The molecule has 1 saturated heterocycles. The van der Waals surface area contributed by atoms with Crippen LogP contribution in [0.4, 0.5) is 0 Å². The van der Waals surface area contributed by atoms with E-state index in [-0.39, 0.29) is 42.4 Å². The number of carbonyl (C=O) groups is 3. The Morgan fingerprint density at radius 2 is 1.71 bits per heavy atom. The number of nitrogens with zero attached hydrogens (tertiary/aromatic N) is 1. The summed E-state index contributed by atoms with van der Waals surface area (Å²) < 4.78 is 42.8. The van der Waals surface area contributed by atoms with Crippen molar-refractivity contribution in [3.63, 3.8) is 0 Å². The molecule has 13 heteroatoms. The van der Waals surface area contributed by atoms with Gasteiger partial charge in [-0.1, -0.05) is 70.6 Å². The van der Waals surface area contributed by atoms with E-state index in [1.807, 2.05) is 59.8 Å². The quantitative estimate of drug-likeness (QED) is 0.0888. The normalized spacial score (nSPS) is 33.9. The molecule has 13 nitrogen and oxygen atoms in total. The first-order chi connectivity index (χ1) is 27.5. The molecule has 58 heavy (non-hydrogen) atoms. The fourth-order valence-corrected chi connectivity index (χ4v) is 8.63. The minimum absolute atomic E-state index is 0.00734. The highest BCUT2D eigenvalue weighted by Gasteiger charge is 2.59. The lowest BCUT2D eigenvalue weighted by Crippen LogP contribution is -2.50. The highest BCUT2D eigenvalue weighted by Crippen LogP contribution is 2.43. The van der Waals surface area contributed by atoms with E-state index in [9.17, 15) is 24.6 Å². The Hall–Kier alpha value is -2.75. The Balaban J connectivity index is 1.86. The number of fused-ring (bicyclic) bond motifs is 2. The van der Waals surface area contributed by atoms with Crippen molar-refractivity contribution in [2.24, 2.45) is 29.6 Å². The number of carbonyl (C=O) groups excluding carboxylic acids is 3. The molecule has 0 aromatic heterocycles. The third-order valence-electron chi connectivity index (χ3n) is 12.6. The summed E-state index contributed by atoms with van der Waals surface area (Å²) in [5.41, 5.74) is 0.0428. The summed E-state index contributed by atoms with van der Waals surface area (Å²) >= 11 is 0. The average Bonchev–Trinajstić information content (AvgIpc) is 4.02. The largest absolute Gasteiger partial charge is 0.458 e. The number of Topliss-reactive ketones (excluding diaryl/α,β-unsaturated/α-hetero) is 1. The number of aliphatic hydroxyl groups excluding tert-OH is 2. The van der Waals surface area contributed by atoms with Gasteiger partial charge in [0.25, 0.3) is 0 Å². The zero-order valence-electron chi connectivity index (χ0n) is 36.8. The first-order valence-corrected chi connectivity index (χ1v) is 20.9. The van der Waals surface area contributed by atoms with Gasteiger partial charge in [0.15, 0.2) is 0 Å². The Labute approximate surface area is 347 Å². The van der Waals surface area contributed by atoms with Crippen molar-refractivity contribution in [1.29, 1.82) is 0 Å². The zero-order chi connectivity index (χ0) is 43.2. The zero-order valence-corrected chi connectivity index (χ0v) is 36.8. The summed E-state index contributed by atoms with van der Waals surface area (Å²) in [6, 6.07) is 0. The summed E-state index contributed by atoms with van der Waals surface area (Å²) in [6.45, 7) is 11.8. The van der Waals surface area contributed by atoms with Gasteiger partial charge in [-0.15, -0.1) is 0 Å². The molecule has 1 fully saturated rings. The molecule has 3 aliphatic rings. The maximum absolute atomic E-state index is 13.5. The molecule has 2 N–H and O–H groups in total. The molecule has 0 saturated carbocycles. The lowest BCUT2D eigenvalue weighted by atomic mass is 9.78. The SMILES string of the molecule is CO[C@H]([C@H](C)/C=C/N(C)C=O)[C@@H](C)C(=O)CC[C@H](C)[C@H](O)[C@H](C)[C@H]1OC(=O)/C=C/C(C)=CC[C@H](O)C[C@@H]2C=CC[C@@H](C[C@H](OC)[C@@]3(CO3)[C@@H](OC)C[C@@H](OC)[C@@H]1C)O2. The number of ketones is 1. The van der Waals surface area contributed by atoms with E-state index < -0.39 is 65.9 Å². The van der Waals surface area contributed by atoms with Crippen LogP contribution in [0.3, 0.4) is 0 Å². The Morgan fingerprint density at radius 3 is 2.31 bits per heavy atom. The average molecular weight is 820 g/mol. The van der Waals surface area contributed by atoms with E-state index in [0.717, 1.165) is 5.57 Å². The Bertz CT molecular complexity index is 1410. The highest BCUT2D eigenvalue weighted by molar-refractivity contribution is 5.82. The smallest absolute Gasteiger partial charge is 0.331 e. The number of amides is 1. The molecule has 0 aliphatic carbocycles. The van der Waals surface area contributed by atoms with Crippen molar-refractivity contribution in [2.45, 2.75) is 147 Å².